The molecular weight excluding hydrogens is 256 g/mol. The zero-order valence-electron chi connectivity index (χ0n) is 9.76. The summed E-state index contributed by atoms with van der Waals surface area (Å²) in [6.45, 7) is -0.209. The number of hydrogen-bond donors (Lipinski definition) is 3. The smallest absolute Gasteiger partial charge is 0.282 e. The number of likely N-dealkylation sites (tertiary alicyclic amines) is 1. The topological polar surface area (TPSA) is 124 Å². The van der Waals surface area contributed by atoms with E-state index < -0.39 is 28.7 Å². The van der Waals surface area contributed by atoms with Crippen molar-refractivity contribution in [2.24, 2.45) is 0 Å². The van der Waals surface area contributed by atoms with Crippen LogP contribution in [-0.4, -0.2) is 56.3 Å². The van der Waals surface area contributed by atoms with Crippen LogP contribution in [0, 0.1) is 10.1 Å². The molecule has 1 aromatic carbocycles. The first-order chi connectivity index (χ1) is 8.90. The number of aliphatic hydroxyl groups is 2. The van der Waals surface area contributed by atoms with Gasteiger partial charge in [-0.05, 0) is 12.1 Å². The van der Waals surface area contributed by atoms with Crippen molar-refractivity contribution in [2.75, 3.05) is 13.1 Å². The predicted octanol–water partition coefficient (Wildman–Crippen LogP) is -0.522. The highest BCUT2D eigenvalue weighted by Gasteiger charge is 2.35. The summed E-state index contributed by atoms with van der Waals surface area (Å²) in [7, 11) is 0. The minimum atomic E-state index is -1.07. The number of carbonyl (C=O) groups excluding carboxylic acids is 1. The summed E-state index contributed by atoms with van der Waals surface area (Å²) in [5, 5.41) is 38.9. The van der Waals surface area contributed by atoms with E-state index in [1.54, 1.807) is 0 Å². The molecule has 0 spiro atoms. The van der Waals surface area contributed by atoms with E-state index in [1.807, 2.05) is 0 Å². The number of nitro benzene ring substituents is 1. The van der Waals surface area contributed by atoms with Gasteiger partial charge in [-0.2, -0.15) is 0 Å². The number of nitro groups is 1. The lowest BCUT2D eigenvalue weighted by Crippen LogP contribution is -2.30. The van der Waals surface area contributed by atoms with Crippen molar-refractivity contribution in [1.29, 1.82) is 0 Å². The standard InChI is InChI=1S/C11H12N2O6/c14-6-1-2-8(13(18)19)7(3-6)11(17)12-4-9(15)10(16)5-12/h1-3,9-10,14-16H,4-5H2. The minimum absolute atomic E-state index is 0.104. The van der Waals surface area contributed by atoms with Gasteiger partial charge in [0.15, 0.2) is 0 Å². The van der Waals surface area contributed by atoms with E-state index in [-0.39, 0.29) is 24.4 Å². The second kappa shape index (κ2) is 4.82. The molecule has 8 nitrogen and oxygen atoms in total. The summed E-state index contributed by atoms with van der Waals surface area (Å²) in [5.41, 5.74) is -0.704. The molecule has 8 heteroatoms. The van der Waals surface area contributed by atoms with Crippen LogP contribution < -0.4 is 0 Å². The van der Waals surface area contributed by atoms with E-state index in [0.29, 0.717) is 0 Å². The van der Waals surface area contributed by atoms with Crippen LogP contribution in [0.15, 0.2) is 18.2 Å². The third kappa shape index (κ3) is 2.49. The van der Waals surface area contributed by atoms with Crippen molar-refractivity contribution in [3.8, 4) is 5.75 Å². The number of aliphatic hydroxyl groups excluding tert-OH is 2. The molecule has 1 aromatic rings. The molecule has 0 aliphatic carbocycles. The molecule has 1 aliphatic heterocycles. The second-order valence-corrected chi connectivity index (χ2v) is 4.30. The molecule has 1 heterocycles. The molecule has 2 rings (SSSR count). The predicted molar refractivity (Wildman–Crippen MR) is 62.7 cm³/mol. The average molecular weight is 268 g/mol. The summed E-state index contributed by atoms with van der Waals surface area (Å²) in [6, 6.07) is 3.14. The van der Waals surface area contributed by atoms with Gasteiger partial charge in [-0.25, -0.2) is 0 Å². The van der Waals surface area contributed by atoms with E-state index in [9.17, 15) is 30.2 Å². The Hall–Kier alpha value is -2.19. The van der Waals surface area contributed by atoms with E-state index >= 15 is 0 Å². The molecule has 1 aliphatic rings. The van der Waals surface area contributed by atoms with Gasteiger partial charge in [0.05, 0.1) is 17.1 Å². The van der Waals surface area contributed by atoms with Gasteiger partial charge in [-0.3, -0.25) is 14.9 Å². The van der Waals surface area contributed by atoms with Crippen LogP contribution in [0.5, 0.6) is 5.75 Å². The van der Waals surface area contributed by atoms with Crippen molar-refractivity contribution in [3.05, 3.63) is 33.9 Å². The zero-order valence-corrected chi connectivity index (χ0v) is 9.76. The molecular formula is C11H12N2O6. The van der Waals surface area contributed by atoms with Gasteiger partial charge in [0.2, 0.25) is 0 Å². The van der Waals surface area contributed by atoms with Crippen LogP contribution in [0.4, 0.5) is 5.69 Å². The lowest BCUT2D eigenvalue weighted by Gasteiger charge is -2.15. The fourth-order valence-corrected chi connectivity index (χ4v) is 1.96. The number of β-amino-alcohol motifs (C(OH)–C–C–N with tert-alkyl or cyclic N) is 2. The first-order valence-corrected chi connectivity index (χ1v) is 5.53. The zero-order chi connectivity index (χ0) is 14.2. The Kier molecular flexibility index (Phi) is 3.36. The molecule has 0 radical (unpaired) electrons. The van der Waals surface area contributed by atoms with Gasteiger partial charge in [0.1, 0.15) is 11.3 Å². The molecule has 0 aromatic heterocycles. The van der Waals surface area contributed by atoms with Gasteiger partial charge in [-0.15, -0.1) is 0 Å². The van der Waals surface area contributed by atoms with Gasteiger partial charge in [0, 0.05) is 19.2 Å². The third-order valence-electron chi connectivity index (χ3n) is 2.95. The van der Waals surface area contributed by atoms with Gasteiger partial charge >= 0.3 is 0 Å². The van der Waals surface area contributed by atoms with Crippen molar-refractivity contribution in [3.63, 3.8) is 0 Å². The number of phenolic OH excluding ortho intramolecular Hbond substituents is 1. The number of phenols is 1. The first kappa shape index (κ1) is 13.2. The Labute approximate surface area is 107 Å². The molecule has 1 fully saturated rings. The highest BCUT2D eigenvalue weighted by molar-refractivity contribution is 5.98. The number of nitrogens with zero attached hydrogens (tertiary/aromatic N) is 2. The quantitative estimate of drug-likeness (QED) is 0.489. The maximum absolute atomic E-state index is 12.1. The summed E-state index contributed by atoms with van der Waals surface area (Å²) < 4.78 is 0. The summed E-state index contributed by atoms with van der Waals surface area (Å²) in [6.07, 6.45) is -2.14. The largest absolute Gasteiger partial charge is 0.508 e. The van der Waals surface area contributed by atoms with Crippen LogP contribution >= 0.6 is 0 Å². The van der Waals surface area contributed by atoms with Gasteiger partial charge < -0.3 is 20.2 Å². The van der Waals surface area contributed by atoms with Gasteiger partial charge in [0.25, 0.3) is 11.6 Å². The molecule has 102 valence electrons. The fraction of sp³-hybridized carbons (Fsp3) is 0.364. The highest BCUT2D eigenvalue weighted by atomic mass is 16.6. The highest BCUT2D eigenvalue weighted by Crippen LogP contribution is 2.26. The Morgan fingerprint density at radius 2 is 1.89 bits per heavy atom. The van der Waals surface area contributed by atoms with Crippen LogP contribution in [0.3, 0.4) is 0 Å². The van der Waals surface area contributed by atoms with E-state index in [2.05, 4.69) is 0 Å². The number of rotatable bonds is 2. The molecule has 19 heavy (non-hydrogen) atoms. The number of amides is 1. The summed E-state index contributed by atoms with van der Waals surface area (Å²) in [4.78, 5) is 23.3. The summed E-state index contributed by atoms with van der Waals surface area (Å²) >= 11 is 0. The van der Waals surface area contributed by atoms with E-state index in [4.69, 9.17) is 0 Å². The molecule has 3 N–H and O–H groups in total. The third-order valence-corrected chi connectivity index (χ3v) is 2.95. The normalized spacial score (nSPS) is 22.5. The summed E-state index contributed by atoms with van der Waals surface area (Å²) in [5.74, 6) is -0.979. The molecule has 2 atom stereocenters. The second-order valence-electron chi connectivity index (χ2n) is 4.30. The van der Waals surface area contributed by atoms with E-state index in [0.717, 1.165) is 23.1 Å². The number of benzene rings is 1. The Balaban J connectivity index is 2.33. The Morgan fingerprint density at radius 3 is 2.42 bits per heavy atom. The molecule has 0 saturated carbocycles. The lowest BCUT2D eigenvalue weighted by atomic mass is 10.1. The van der Waals surface area contributed by atoms with Crippen molar-refractivity contribution in [2.45, 2.75) is 12.2 Å². The van der Waals surface area contributed by atoms with Crippen LogP contribution in [0.1, 0.15) is 10.4 Å². The lowest BCUT2D eigenvalue weighted by molar-refractivity contribution is -0.385. The fourth-order valence-electron chi connectivity index (χ4n) is 1.96. The van der Waals surface area contributed by atoms with E-state index in [1.165, 1.54) is 0 Å². The maximum Gasteiger partial charge on any atom is 0.282 e. The number of aromatic hydroxyl groups is 1. The molecule has 1 saturated heterocycles. The number of hydrogen-bond acceptors (Lipinski definition) is 6. The molecule has 1 amide bonds. The van der Waals surface area contributed by atoms with Crippen LogP contribution in [-0.2, 0) is 0 Å². The SMILES string of the molecule is O=C(c1cc(O)ccc1[N+](=O)[O-])N1CC(O)C(O)C1. The van der Waals surface area contributed by atoms with Crippen molar-refractivity contribution < 1.29 is 25.0 Å². The first-order valence-electron chi connectivity index (χ1n) is 5.53. The van der Waals surface area contributed by atoms with Crippen molar-refractivity contribution >= 4 is 11.6 Å². The molecule has 0 bridgehead atoms. The Morgan fingerprint density at radius 1 is 1.32 bits per heavy atom. The monoisotopic (exact) mass is 268 g/mol. The van der Waals surface area contributed by atoms with Crippen LogP contribution in [0.2, 0.25) is 0 Å². The number of carbonyl (C=O) groups is 1. The van der Waals surface area contributed by atoms with Crippen molar-refractivity contribution in [1.82, 2.24) is 4.90 Å². The van der Waals surface area contributed by atoms with Crippen LogP contribution in [0.25, 0.3) is 0 Å². The molecule has 2 unspecified atom stereocenters. The Bertz CT molecular complexity index is 522. The maximum atomic E-state index is 12.1. The van der Waals surface area contributed by atoms with Gasteiger partial charge in [-0.1, -0.05) is 0 Å². The average Bonchev–Trinajstić information content (AvgIpc) is 2.68. The minimum Gasteiger partial charge on any atom is -0.508 e.